The Bertz CT molecular complexity index is 434. The third-order valence-corrected chi connectivity index (χ3v) is 2.15. The zero-order valence-corrected chi connectivity index (χ0v) is 8.36. The molecule has 0 bridgehead atoms. The number of ether oxygens (including phenoxy) is 1. The molecule has 0 atom stereocenters. The van der Waals surface area contributed by atoms with Crippen molar-refractivity contribution in [3.05, 3.63) is 30.5 Å². The van der Waals surface area contributed by atoms with Gasteiger partial charge in [-0.15, -0.1) is 0 Å². The van der Waals surface area contributed by atoms with E-state index in [9.17, 15) is 0 Å². The molecule has 2 rings (SSSR count). The third-order valence-electron chi connectivity index (χ3n) is 2.15. The van der Waals surface area contributed by atoms with Crippen molar-refractivity contribution in [3.8, 4) is 5.75 Å². The third kappa shape index (κ3) is 1.31. The molecule has 74 valence electrons. The van der Waals surface area contributed by atoms with Crippen molar-refractivity contribution in [2.24, 2.45) is 0 Å². The number of hydrogen-bond donors (Lipinski definition) is 0. The van der Waals surface area contributed by atoms with Crippen molar-refractivity contribution in [1.82, 2.24) is 4.73 Å². The van der Waals surface area contributed by atoms with E-state index < -0.39 is 0 Å². The first-order chi connectivity index (χ1) is 6.86. The molecule has 14 heavy (non-hydrogen) atoms. The summed E-state index contributed by atoms with van der Waals surface area (Å²) in [7, 11) is 1.65. The Morgan fingerprint density at radius 3 is 2.86 bits per heavy atom. The van der Waals surface area contributed by atoms with Gasteiger partial charge in [0.25, 0.3) is 0 Å². The van der Waals surface area contributed by atoms with Gasteiger partial charge in [0.05, 0.1) is 12.1 Å². The zero-order valence-electron chi connectivity index (χ0n) is 8.36. The van der Waals surface area contributed by atoms with Gasteiger partial charge in [0.2, 0.25) is 0 Å². The van der Waals surface area contributed by atoms with E-state index in [1.165, 1.54) is 0 Å². The number of fused-ring (bicyclic) bond motifs is 1. The van der Waals surface area contributed by atoms with Gasteiger partial charge in [-0.25, -0.2) is 0 Å². The maximum Gasteiger partial charge on any atom is 0.128 e. The fourth-order valence-corrected chi connectivity index (χ4v) is 1.56. The van der Waals surface area contributed by atoms with Crippen molar-refractivity contribution in [2.75, 3.05) is 13.7 Å². The van der Waals surface area contributed by atoms with E-state index >= 15 is 0 Å². The van der Waals surface area contributed by atoms with Crippen molar-refractivity contribution in [1.29, 1.82) is 0 Å². The van der Waals surface area contributed by atoms with Gasteiger partial charge in [0.1, 0.15) is 12.9 Å². The van der Waals surface area contributed by atoms with E-state index in [0.717, 1.165) is 16.7 Å². The van der Waals surface area contributed by atoms with E-state index in [2.05, 4.69) is 0 Å². The topological polar surface area (TPSA) is 23.4 Å². The Hall–Kier alpha value is -1.64. The maximum atomic E-state index is 5.51. The summed E-state index contributed by atoms with van der Waals surface area (Å²) >= 11 is 0. The predicted molar refractivity (Wildman–Crippen MR) is 55.6 cm³/mol. The van der Waals surface area contributed by atoms with E-state index in [1.54, 1.807) is 11.8 Å². The van der Waals surface area contributed by atoms with E-state index in [4.69, 9.17) is 9.57 Å². The number of aromatic nitrogens is 1. The Kier molecular flexibility index (Phi) is 2.31. The molecule has 0 aliphatic carbocycles. The molecule has 0 fully saturated rings. The van der Waals surface area contributed by atoms with Crippen LogP contribution in [0.1, 0.15) is 6.92 Å². The van der Waals surface area contributed by atoms with Crippen LogP contribution in [0.2, 0.25) is 0 Å². The van der Waals surface area contributed by atoms with Crippen molar-refractivity contribution < 1.29 is 9.57 Å². The first-order valence-electron chi connectivity index (χ1n) is 4.64. The van der Waals surface area contributed by atoms with Crippen LogP contribution in [0.5, 0.6) is 5.75 Å². The Balaban J connectivity index is 2.58. The van der Waals surface area contributed by atoms with Crippen LogP contribution in [0, 0.1) is 0 Å². The molecule has 0 aliphatic rings. The monoisotopic (exact) mass is 191 g/mol. The molecule has 0 unspecified atom stereocenters. The standard InChI is InChI=1S/C11H13NO2/c1-3-14-11-6-4-5-10-9(11)7-8-12(10)13-2/h4-8H,3H2,1-2H3. The SMILES string of the molecule is CCOc1cccc2c1ccn2OC. The molecular weight excluding hydrogens is 178 g/mol. The first kappa shape index (κ1) is 8.94. The number of benzene rings is 1. The van der Waals surface area contributed by atoms with Gasteiger partial charge < -0.3 is 9.57 Å². The van der Waals surface area contributed by atoms with Crippen LogP contribution >= 0.6 is 0 Å². The lowest BCUT2D eigenvalue weighted by Crippen LogP contribution is -2.02. The van der Waals surface area contributed by atoms with Gasteiger partial charge >= 0.3 is 0 Å². The number of rotatable bonds is 3. The lowest BCUT2D eigenvalue weighted by molar-refractivity contribution is 0.179. The highest BCUT2D eigenvalue weighted by Crippen LogP contribution is 2.25. The summed E-state index contributed by atoms with van der Waals surface area (Å²) in [6.07, 6.45) is 1.88. The van der Waals surface area contributed by atoms with Crippen LogP contribution in [0.3, 0.4) is 0 Å². The first-order valence-corrected chi connectivity index (χ1v) is 4.64. The molecule has 0 N–H and O–H groups in total. The molecule has 0 aliphatic heterocycles. The number of hydrogen-bond acceptors (Lipinski definition) is 2. The second kappa shape index (κ2) is 3.62. The maximum absolute atomic E-state index is 5.51. The van der Waals surface area contributed by atoms with Gasteiger partial charge in [0.15, 0.2) is 0 Å². The smallest absolute Gasteiger partial charge is 0.128 e. The summed E-state index contributed by atoms with van der Waals surface area (Å²) in [4.78, 5) is 5.16. The van der Waals surface area contributed by atoms with Crippen molar-refractivity contribution >= 4 is 10.9 Å². The van der Waals surface area contributed by atoms with Crippen LogP contribution in [-0.4, -0.2) is 18.4 Å². The fourth-order valence-electron chi connectivity index (χ4n) is 1.56. The fraction of sp³-hybridized carbons (Fsp3) is 0.273. The molecule has 0 saturated carbocycles. The van der Waals surface area contributed by atoms with E-state index in [-0.39, 0.29) is 0 Å². The van der Waals surface area contributed by atoms with Crippen LogP contribution < -0.4 is 9.57 Å². The minimum Gasteiger partial charge on any atom is -0.493 e. The lowest BCUT2D eigenvalue weighted by atomic mass is 10.2. The normalized spacial score (nSPS) is 10.4. The zero-order chi connectivity index (χ0) is 9.97. The van der Waals surface area contributed by atoms with E-state index in [1.807, 2.05) is 37.4 Å². The molecule has 1 aromatic carbocycles. The van der Waals surface area contributed by atoms with Crippen LogP contribution in [0.4, 0.5) is 0 Å². The quantitative estimate of drug-likeness (QED) is 0.741. The Morgan fingerprint density at radius 1 is 1.29 bits per heavy atom. The van der Waals surface area contributed by atoms with Crippen molar-refractivity contribution in [3.63, 3.8) is 0 Å². The Labute approximate surface area is 82.8 Å². The predicted octanol–water partition coefficient (Wildman–Crippen LogP) is 2.10. The average Bonchev–Trinajstić information content (AvgIpc) is 2.62. The summed E-state index contributed by atoms with van der Waals surface area (Å²) < 4.78 is 7.23. The average molecular weight is 191 g/mol. The Morgan fingerprint density at radius 2 is 2.14 bits per heavy atom. The molecule has 0 saturated heterocycles. The molecule has 0 spiro atoms. The minimum atomic E-state index is 0.678. The van der Waals surface area contributed by atoms with Gasteiger partial charge in [-0.05, 0) is 25.1 Å². The highest BCUT2D eigenvalue weighted by Gasteiger charge is 2.05. The van der Waals surface area contributed by atoms with Crippen LogP contribution in [-0.2, 0) is 0 Å². The van der Waals surface area contributed by atoms with Gasteiger partial charge in [-0.2, -0.15) is 4.73 Å². The largest absolute Gasteiger partial charge is 0.493 e. The summed E-state index contributed by atoms with van der Waals surface area (Å²) in [5.74, 6) is 0.904. The second-order valence-electron chi connectivity index (χ2n) is 2.95. The molecule has 2 aromatic rings. The van der Waals surface area contributed by atoms with E-state index in [0.29, 0.717) is 6.61 Å². The molecule has 0 radical (unpaired) electrons. The highest BCUT2D eigenvalue weighted by molar-refractivity contribution is 5.86. The summed E-state index contributed by atoms with van der Waals surface area (Å²) in [6, 6.07) is 7.92. The summed E-state index contributed by atoms with van der Waals surface area (Å²) in [5.41, 5.74) is 1.03. The summed E-state index contributed by atoms with van der Waals surface area (Å²) in [5, 5.41) is 1.08. The van der Waals surface area contributed by atoms with Crippen LogP contribution in [0.25, 0.3) is 10.9 Å². The minimum absolute atomic E-state index is 0.678. The molecule has 1 aromatic heterocycles. The van der Waals surface area contributed by atoms with Gasteiger partial charge in [-0.3, -0.25) is 0 Å². The van der Waals surface area contributed by atoms with Crippen LogP contribution in [0.15, 0.2) is 30.5 Å². The highest BCUT2D eigenvalue weighted by atomic mass is 16.6. The van der Waals surface area contributed by atoms with Gasteiger partial charge in [-0.1, -0.05) is 6.07 Å². The number of nitrogens with zero attached hydrogens (tertiary/aromatic N) is 1. The summed E-state index contributed by atoms with van der Waals surface area (Å²) in [6.45, 7) is 2.66. The molecule has 3 heteroatoms. The van der Waals surface area contributed by atoms with Crippen molar-refractivity contribution in [2.45, 2.75) is 6.92 Å². The molecule has 0 amide bonds. The second-order valence-corrected chi connectivity index (χ2v) is 2.95. The molecule has 1 heterocycles. The lowest BCUT2D eigenvalue weighted by Gasteiger charge is -2.05. The van der Waals surface area contributed by atoms with Gasteiger partial charge in [0, 0.05) is 11.6 Å². The molecular formula is C11H13NO2. The molecule has 3 nitrogen and oxygen atoms in total.